The topological polar surface area (TPSA) is 66.3 Å². The van der Waals surface area contributed by atoms with Crippen molar-refractivity contribution in [2.75, 3.05) is 31.6 Å². The third-order valence-corrected chi connectivity index (χ3v) is 9.03. The number of hydrogen-bond acceptors (Lipinski definition) is 5. The van der Waals surface area contributed by atoms with Crippen LogP contribution < -0.4 is 10.2 Å². The summed E-state index contributed by atoms with van der Waals surface area (Å²) in [5.41, 5.74) is 1.29. The molecule has 0 radical (unpaired) electrons. The van der Waals surface area contributed by atoms with Gasteiger partial charge < -0.3 is 15.1 Å². The molecule has 5 rings (SSSR count). The number of piperidine rings is 1. The van der Waals surface area contributed by atoms with Crippen molar-refractivity contribution in [3.8, 4) is 0 Å². The quantitative estimate of drug-likeness (QED) is 0.591. The van der Waals surface area contributed by atoms with Gasteiger partial charge in [-0.05, 0) is 56.6 Å². The standard InChI is InChI=1S/C29H46N6O/c1-33(24-13-9-4-3-5-10-14-24)26-16-15-25-27(32-34(2)28(25)31-26)29(36)30-23-17-19-35(20-18-23)21-22-11-7-6-8-12-22/h15-16,22-24H,3-14,17-21H2,1-2H3,(H,30,36). The molecule has 3 fully saturated rings. The minimum absolute atomic E-state index is 0.0609. The van der Waals surface area contributed by atoms with Crippen LogP contribution in [0.15, 0.2) is 12.1 Å². The van der Waals surface area contributed by atoms with Crippen LogP contribution in [-0.2, 0) is 7.05 Å². The first-order valence-electron chi connectivity index (χ1n) is 14.7. The lowest BCUT2D eigenvalue weighted by atomic mass is 9.88. The lowest BCUT2D eigenvalue weighted by Crippen LogP contribution is -2.46. The maximum absolute atomic E-state index is 13.2. The Morgan fingerprint density at radius 3 is 2.31 bits per heavy atom. The summed E-state index contributed by atoms with van der Waals surface area (Å²) in [5, 5.41) is 8.73. The number of rotatable bonds is 6. The SMILES string of the molecule is CN(c1ccc2c(C(=O)NC3CCN(CC4CCCCC4)CC3)nn(C)c2n1)C1CCCCCCC1. The number of hydrogen-bond donors (Lipinski definition) is 1. The molecule has 0 spiro atoms. The second kappa shape index (κ2) is 11.9. The van der Waals surface area contributed by atoms with E-state index in [1.807, 2.05) is 13.1 Å². The van der Waals surface area contributed by atoms with Gasteiger partial charge in [0.1, 0.15) is 5.82 Å². The number of likely N-dealkylation sites (tertiary alicyclic amines) is 1. The van der Waals surface area contributed by atoms with E-state index in [1.165, 1.54) is 83.6 Å². The highest BCUT2D eigenvalue weighted by atomic mass is 16.2. The molecule has 7 heteroatoms. The predicted octanol–water partition coefficient (Wildman–Crippen LogP) is 5.29. The Balaban J connectivity index is 1.19. The molecular formula is C29H46N6O. The molecule has 1 saturated heterocycles. The molecule has 36 heavy (non-hydrogen) atoms. The molecule has 7 nitrogen and oxygen atoms in total. The van der Waals surface area contributed by atoms with Crippen LogP contribution in [0.5, 0.6) is 0 Å². The van der Waals surface area contributed by atoms with Gasteiger partial charge >= 0.3 is 0 Å². The fourth-order valence-electron chi connectivity index (χ4n) is 6.74. The van der Waals surface area contributed by atoms with Crippen LogP contribution in [0.3, 0.4) is 0 Å². The molecule has 0 aromatic carbocycles. The summed E-state index contributed by atoms with van der Waals surface area (Å²) >= 11 is 0. The van der Waals surface area contributed by atoms with Crippen molar-refractivity contribution in [2.45, 2.75) is 102 Å². The largest absolute Gasteiger partial charge is 0.357 e. The zero-order chi connectivity index (χ0) is 24.9. The summed E-state index contributed by atoms with van der Waals surface area (Å²) in [6.07, 6.45) is 18.2. The number of nitrogens with one attached hydrogen (secondary N) is 1. The van der Waals surface area contributed by atoms with Crippen molar-refractivity contribution in [1.29, 1.82) is 0 Å². The first-order chi connectivity index (χ1) is 17.6. The Labute approximate surface area is 217 Å². The molecule has 3 aliphatic rings. The molecule has 3 heterocycles. The van der Waals surface area contributed by atoms with Crippen molar-refractivity contribution in [3.05, 3.63) is 17.8 Å². The van der Waals surface area contributed by atoms with E-state index in [4.69, 9.17) is 4.98 Å². The third-order valence-electron chi connectivity index (χ3n) is 9.03. The molecule has 2 aromatic heterocycles. The van der Waals surface area contributed by atoms with E-state index < -0.39 is 0 Å². The Kier molecular flexibility index (Phi) is 8.45. The normalized spacial score (nSPS) is 21.8. The van der Waals surface area contributed by atoms with Gasteiger partial charge in [0.2, 0.25) is 0 Å². The summed E-state index contributed by atoms with van der Waals surface area (Å²) in [6, 6.07) is 4.89. The average Bonchev–Trinajstić information content (AvgIpc) is 3.21. The molecule has 1 amide bonds. The molecule has 1 aliphatic heterocycles. The van der Waals surface area contributed by atoms with Gasteiger partial charge in [-0.2, -0.15) is 5.10 Å². The zero-order valence-electron chi connectivity index (χ0n) is 22.6. The summed E-state index contributed by atoms with van der Waals surface area (Å²) in [6.45, 7) is 3.42. The van der Waals surface area contributed by atoms with Gasteiger partial charge in [-0.15, -0.1) is 0 Å². The van der Waals surface area contributed by atoms with E-state index in [0.29, 0.717) is 11.7 Å². The lowest BCUT2D eigenvalue weighted by Gasteiger charge is -2.35. The van der Waals surface area contributed by atoms with E-state index in [1.54, 1.807) is 4.68 Å². The van der Waals surface area contributed by atoms with E-state index in [9.17, 15) is 4.79 Å². The lowest BCUT2D eigenvalue weighted by molar-refractivity contribution is 0.0897. The first-order valence-corrected chi connectivity index (χ1v) is 14.7. The van der Waals surface area contributed by atoms with Crippen molar-refractivity contribution in [3.63, 3.8) is 0 Å². The van der Waals surface area contributed by atoms with Gasteiger partial charge in [-0.25, -0.2) is 9.67 Å². The predicted molar refractivity (Wildman–Crippen MR) is 147 cm³/mol. The highest BCUT2D eigenvalue weighted by Gasteiger charge is 2.26. The van der Waals surface area contributed by atoms with Crippen LogP contribution in [-0.4, -0.2) is 64.3 Å². The first kappa shape index (κ1) is 25.5. The van der Waals surface area contributed by atoms with Gasteiger partial charge in [0.05, 0.1) is 5.39 Å². The van der Waals surface area contributed by atoms with Crippen LogP contribution in [0, 0.1) is 5.92 Å². The summed E-state index contributed by atoms with van der Waals surface area (Å²) in [7, 11) is 4.07. The minimum atomic E-state index is -0.0609. The molecule has 0 unspecified atom stereocenters. The monoisotopic (exact) mass is 494 g/mol. The van der Waals surface area contributed by atoms with Gasteiger partial charge in [0.25, 0.3) is 5.91 Å². The molecule has 0 bridgehead atoms. The Bertz CT molecular complexity index is 997. The van der Waals surface area contributed by atoms with Crippen molar-refractivity contribution < 1.29 is 4.79 Å². The van der Waals surface area contributed by atoms with Gasteiger partial charge in [0.15, 0.2) is 11.3 Å². The van der Waals surface area contributed by atoms with Crippen molar-refractivity contribution >= 4 is 22.8 Å². The Morgan fingerprint density at radius 2 is 1.58 bits per heavy atom. The number of nitrogens with zero attached hydrogens (tertiary/aromatic N) is 5. The average molecular weight is 495 g/mol. The van der Waals surface area contributed by atoms with E-state index in [0.717, 1.165) is 48.7 Å². The van der Waals surface area contributed by atoms with E-state index in [-0.39, 0.29) is 11.9 Å². The highest BCUT2D eigenvalue weighted by molar-refractivity contribution is 6.04. The zero-order valence-corrected chi connectivity index (χ0v) is 22.6. The highest BCUT2D eigenvalue weighted by Crippen LogP contribution is 2.28. The van der Waals surface area contributed by atoms with Crippen LogP contribution >= 0.6 is 0 Å². The fraction of sp³-hybridized carbons (Fsp3) is 0.759. The van der Waals surface area contributed by atoms with E-state index in [2.05, 4.69) is 33.3 Å². The molecule has 2 aliphatic carbocycles. The van der Waals surface area contributed by atoms with Crippen LogP contribution in [0.2, 0.25) is 0 Å². The van der Waals surface area contributed by atoms with Gasteiger partial charge in [-0.3, -0.25) is 4.79 Å². The molecular weight excluding hydrogens is 448 g/mol. The van der Waals surface area contributed by atoms with Gasteiger partial charge in [-0.1, -0.05) is 51.4 Å². The number of anilines is 1. The smallest absolute Gasteiger partial charge is 0.272 e. The molecule has 0 atom stereocenters. The summed E-state index contributed by atoms with van der Waals surface area (Å²) < 4.78 is 1.77. The van der Waals surface area contributed by atoms with Crippen molar-refractivity contribution in [1.82, 2.24) is 25.0 Å². The number of fused-ring (bicyclic) bond motifs is 1. The number of pyridine rings is 1. The van der Waals surface area contributed by atoms with Crippen molar-refractivity contribution in [2.24, 2.45) is 13.0 Å². The van der Waals surface area contributed by atoms with Gasteiger partial charge in [0, 0.05) is 45.8 Å². The molecule has 1 N–H and O–H groups in total. The summed E-state index contributed by atoms with van der Waals surface area (Å²) in [5.74, 6) is 1.80. The number of carbonyl (C=O) groups is 1. The van der Waals surface area contributed by atoms with Crippen LogP contribution in [0.1, 0.15) is 100 Å². The summed E-state index contributed by atoms with van der Waals surface area (Å²) in [4.78, 5) is 23.2. The molecule has 2 aromatic rings. The second-order valence-corrected chi connectivity index (χ2v) is 11.7. The molecule has 2 saturated carbocycles. The van der Waals surface area contributed by atoms with Crippen LogP contribution in [0.25, 0.3) is 11.0 Å². The molecule has 198 valence electrons. The Morgan fingerprint density at radius 1 is 0.944 bits per heavy atom. The van der Waals surface area contributed by atoms with Crippen LogP contribution in [0.4, 0.5) is 5.82 Å². The van der Waals surface area contributed by atoms with E-state index >= 15 is 0 Å². The number of aromatic nitrogens is 3. The maximum atomic E-state index is 13.2. The number of aryl methyl sites for hydroxylation is 1. The number of carbonyl (C=O) groups excluding carboxylic acids is 1. The second-order valence-electron chi connectivity index (χ2n) is 11.7. The number of amides is 1. The minimum Gasteiger partial charge on any atom is -0.357 e. The third kappa shape index (κ3) is 6.04. The maximum Gasteiger partial charge on any atom is 0.272 e. The fourth-order valence-corrected chi connectivity index (χ4v) is 6.74. The Hall–Kier alpha value is -2.15.